The van der Waals surface area contributed by atoms with Gasteiger partial charge in [-0.3, -0.25) is 0 Å². The van der Waals surface area contributed by atoms with Gasteiger partial charge in [0, 0.05) is 35.5 Å². The molecule has 2 atom stereocenters. The molecule has 0 spiro atoms. The Morgan fingerprint density at radius 3 is 2.24 bits per heavy atom. The van der Waals surface area contributed by atoms with E-state index in [9.17, 15) is 0 Å². The molecule has 100 valence electrons. The molecule has 2 fully saturated rings. The Morgan fingerprint density at radius 2 is 1.71 bits per heavy atom. The summed E-state index contributed by atoms with van der Waals surface area (Å²) in [5.41, 5.74) is 0.583. The largest absolute Gasteiger partial charge is 0.301 e. The minimum atomic E-state index is 0.583. The van der Waals surface area contributed by atoms with E-state index in [1.165, 1.54) is 57.1 Å². The van der Waals surface area contributed by atoms with Crippen LogP contribution >= 0.6 is 27.7 Å². The van der Waals surface area contributed by atoms with Crippen LogP contribution in [0.25, 0.3) is 0 Å². The normalized spacial score (nSPS) is 34.8. The maximum atomic E-state index is 3.79. The molecule has 0 aromatic carbocycles. The molecule has 2 aliphatic rings. The molecule has 1 heterocycles. The van der Waals surface area contributed by atoms with E-state index in [4.69, 9.17) is 0 Å². The van der Waals surface area contributed by atoms with Gasteiger partial charge in [0.1, 0.15) is 0 Å². The highest BCUT2D eigenvalue weighted by Crippen LogP contribution is 2.39. The summed E-state index contributed by atoms with van der Waals surface area (Å²) in [7, 11) is 0. The topological polar surface area (TPSA) is 3.24 Å². The highest BCUT2D eigenvalue weighted by atomic mass is 79.9. The van der Waals surface area contributed by atoms with Crippen LogP contribution < -0.4 is 0 Å². The van der Waals surface area contributed by atoms with Crippen molar-refractivity contribution in [3.05, 3.63) is 0 Å². The molecule has 0 amide bonds. The van der Waals surface area contributed by atoms with Gasteiger partial charge in [0.05, 0.1) is 0 Å². The van der Waals surface area contributed by atoms with Gasteiger partial charge in [-0.1, -0.05) is 49.0 Å². The molecule has 0 N–H and O–H groups in total. The highest BCUT2D eigenvalue weighted by Gasteiger charge is 2.34. The highest BCUT2D eigenvalue weighted by molar-refractivity contribution is 9.09. The summed E-state index contributed by atoms with van der Waals surface area (Å²) in [5.74, 6) is 0. The van der Waals surface area contributed by atoms with Crippen LogP contribution in [-0.2, 0) is 0 Å². The minimum absolute atomic E-state index is 0.583. The van der Waals surface area contributed by atoms with E-state index >= 15 is 0 Å². The van der Waals surface area contributed by atoms with Gasteiger partial charge >= 0.3 is 0 Å². The molecule has 1 saturated heterocycles. The van der Waals surface area contributed by atoms with Crippen LogP contribution in [0, 0.1) is 5.41 Å². The lowest BCUT2D eigenvalue weighted by molar-refractivity contribution is 0.125. The number of halogens is 1. The first-order valence-corrected chi connectivity index (χ1v) is 9.14. The summed E-state index contributed by atoms with van der Waals surface area (Å²) < 4.78 is 0. The first-order chi connectivity index (χ1) is 8.13. The average Bonchev–Trinajstić information content (AvgIpc) is 2.29. The number of nitrogens with zero attached hydrogens (tertiary/aromatic N) is 1. The molecule has 2 unspecified atom stereocenters. The predicted molar refractivity (Wildman–Crippen MR) is 82.3 cm³/mol. The Bertz CT molecular complexity index is 230. The zero-order valence-corrected chi connectivity index (χ0v) is 13.7. The van der Waals surface area contributed by atoms with Crippen molar-refractivity contribution in [1.82, 2.24) is 4.90 Å². The van der Waals surface area contributed by atoms with E-state index in [0.717, 1.165) is 10.5 Å². The maximum Gasteiger partial charge on any atom is 0.0149 e. The Labute approximate surface area is 119 Å². The molecule has 0 bridgehead atoms. The summed E-state index contributed by atoms with van der Waals surface area (Å²) in [6, 6.07) is 0. The van der Waals surface area contributed by atoms with Crippen molar-refractivity contribution in [2.24, 2.45) is 5.41 Å². The quantitative estimate of drug-likeness (QED) is 0.719. The fraction of sp³-hybridized carbons (Fsp3) is 1.00. The van der Waals surface area contributed by atoms with E-state index in [-0.39, 0.29) is 0 Å². The minimum Gasteiger partial charge on any atom is -0.301 e. The molecule has 17 heavy (non-hydrogen) atoms. The standard InChI is InChI=1S/C14H26BrNS/c1-12-8-16(9-13(2)17-12)11-14(10-15)6-4-3-5-7-14/h12-13H,3-11H2,1-2H3. The molecule has 1 nitrogen and oxygen atoms in total. The van der Waals surface area contributed by atoms with E-state index in [0.29, 0.717) is 5.41 Å². The van der Waals surface area contributed by atoms with Crippen LogP contribution in [-0.4, -0.2) is 40.4 Å². The Balaban J connectivity index is 1.93. The maximum absolute atomic E-state index is 3.79. The van der Waals surface area contributed by atoms with Crippen molar-refractivity contribution in [3.8, 4) is 0 Å². The SMILES string of the molecule is CC1CN(CC2(CBr)CCCCC2)CC(C)S1. The van der Waals surface area contributed by atoms with Crippen molar-refractivity contribution in [2.75, 3.05) is 25.0 Å². The molecule has 0 radical (unpaired) electrons. The molecule has 2 rings (SSSR count). The second-order valence-corrected chi connectivity index (χ2v) is 8.59. The molecule has 1 aliphatic carbocycles. The summed E-state index contributed by atoms with van der Waals surface area (Å²) >= 11 is 5.95. The van der Waals surface area contributed by atoms with Crippen molar-refractivity contribution >= 4 is 27.7 Å². The summed E-state index contributed by atoms with van der Waals surface area (Å²) in [4.78, 5) is 2.73. The monoisotopic (exact) mass is 319 g/mol. The first kappa shape index (κ1) is 14.2. The number of hydrogen-bond acceptors (Lipinski definition) is 2. The molecular formula is C14H26BrNS. The Hall–Kier alpha value is 0.790. The number of thioether (sulfide) groups is 1. The van der Waals surface area contributed by atoms with Gasteiger partial charge in [0.15, 0.2) is 0 Å². The molecule has 0 aromatic rings. The van der Waals surface area contributed by atoms with Crippen LogP contribution in [0.3, 0.4) is 0 Å². The fourth-order valence-electron chi connectivity index (χ4n) is 3.52. The van der Waals surface area contributed by atoms with Gasteiger partial charge in [0.2, 0.25) is 0 Å². The second kappa shape index (κ2) is 6.29. The molecule has 0 aromatic heterocycles. The van der Waals surface area contributed by atoms with Crippen molar-refractivity contribution in [2.45, 2.75) is 56.5 Å². The Kier molecular flexibility index (Phi) is 5.26. The molecule has 1 aliphatic heterocycles. The zero-order valence-electron chi connectivity index (χ0n) is 11.3. The third-order valence-corrected chi connectivity index (χ3v) is 6.67. The van der Waals surface area contributed by atoms with E-state index in [1.807, 2.05) is 0 Å². The summed E-state index contributed by atoms with van der Waals surface area (Å²) in [5, 5.41) is 2.83. The van der Waals surface area contributed by atoms with Gasteiger partial charge in [0.25, 0.3) is 0 Å². The van der Waals surface area contributed by atoms with Gasteiger partial charge in [-0.25, -0.2) is 0 Å². The summed E-state index contributed by atoms with van der Waals surface area (Å²) in [6.45, 7) is 8.69. The molecular weight excluding hydrogens is 294 g/mol. The lowest BCUT2D eigenvalue weighted by atomic mass is 9.75. The fourth-order valence-corrected chi connectivity index (χ4v) is 5.65. The van der Waals surface area contributed by atoms with Gasteiger partial charge in [-0.15, -0.1) is 0 Å². The van der Waals surface area contributed by atoms with Crippen molar-refractivity contribution in [3.63, 3.8) is 0 Å². The smallest absolute Gasteiger partial charge is 0.0149 e. The van der Waals surface area contributed by atoms with Crippen molar-refractivity contribution < 1.29 is 0 Å². The first-order valence-electron chi connectivity index (χ1n) is 7.07. The van der Waals surface area contributed by atoms with Crippen molar-refractivity contribution in [1.29, 1.82) is 0 Å². The zero-order chi connectivity index (χ0) is 12.3. The van der Waals surface area contributed by atoms with Crippen LogP contribution in [0.5, 0.6) is 0 Å². The van der Waals surface area contributed by atoms with Gasteiger partial charge < -0.3 is 4.90 Å². The number of rotatable bonds is 3. The van der Waals surface area contributed by atoms with E-state index in [1.54, 1.807) is 0 Å². The third kappa shape index (κ3) is 3.87. The molecule has 3 heteroatoms. The lowest BCUT2D eigenvalue weighted by Crippen LogP contribution is -2.47. The van der Waals surface area contributed by atoms with Crippen LogP contribution in [0.4, 0.5) is 0 Å². The summed E-state index contributed by atoms with van der Waals surface area (Å²) in [6.07, 6.45) is 7.21. The molecule has 1 saturated carbocycles. The third-order valence-electron chi connectivity index (χ3n) is 4.25. The lowest BCUT2D eigenvalue weighted by Gasteiger charge is -2.43. The van der Waals surface area contributed by atoms with E-state index in [2.05, 4.69) is 46.4 Å². The van der Waals surface area contributed by atoms with Gasteiger partial charge in [-0.2, -0.15) is 11.8 Å². The number of alkyl halides is 1. The van der Waals surface area contributed by atoms with Crippen LogP contribution in [0.15, 0.2) is 0 Å². The van der Waals surface area contributed by atoms with E-state index < -0.39 is 0 Å². The second-order valence-electron chi connectivity index (χ2n) is 6.15. The Morgan fingerprint density at radius 1 is 1.12 bits per heavy atom. The predicted octanol–water partition coefficient (Wildman–Crippen LogP) is 4.16. The number of hydrogen-bond donors (Lipinski definition) is 0. The van der Waals surface area contributed by atoms with Crippen LogP contribution in [0.1, 0.15) is 46.0 Å². The van der Waals surface area contributed by atoms with Crippen LogP contribution in [0.2, 0.25) is 0 Å². The average molecular weight is 320 g/mol. The van der Waals surface area contributed by atoms with Gasteiger partial charge in [-0.05, 0) is 18.3 Å².